The minimum atomic E-state index is 0.203. The minimum absolute atomic E-state index is 0.203. The van der Waals surface area contributed by atoms with E-state index in [1.54, 1.807) is 20.2 Å². The van der Waals surface area contributed by atoms with Crippen LogP contribution in [0.15, 0.2) is 18.5 Å². The van der Waals surface area contributed by atoms with Gasteiger partial charge in [0.2, 0.25) is 0 Å². The quantitative estimate of drug-likeness (QED) is 0.742. The number of rotatable bonds is 1. The molecule has 0 spiro atoms. The van der Waals surface area contributed by atoms with Gasteiger partial charge in [0.1, 0.15) is 11.5 Å². The van der Waals surface area contributed by atoms with E-state index < -0.39 is 0 Å². The van der Waals surface area contributed by atoms with Crippen LogP contribution in [0.4, 0.5) is 0 Å². The maximum atomic E-state index is 9.82. The van der Waals surface area contributed by atoms with Crippen LogP contribution in [-0.2, 0) is 0 Å². The molecule has 1 heterocycles. The summed E-state index contributed by atoms with van der Waals surface area (Å²) in [6.45, 7) is 1.80. The Morgan fingerprint density at radius 1 is 1.29 bits per heavy atom. The summed E-state index contributed by atoms with van der Waals surface area (Å²) in [5.41, 5.74) is 0.716. The molecule has 1 N–H and O–H groups in total. The SMILES string of the molecule is COc1cc2cnncc2c(O)c1C. The van der Waals surface area contributed by atoms with Gasteiger partial charge in [-0.1, -0.05) is 0 Å². The Balaban J connectivity index is 2.85. The smallest absolute Gasteiger partial charge is 0.131 e. The summed E-state index contributed by atoms with van der Waals surface area (Å²) in [6.07, 6.45) is 3.13. The second-order valence-corrected chi connectivity index (χ2v) is 3.04. The zero-order valence-electron chi connectivity index (χ0n) is 7.98. The number of ether oxygens (including phenoxy) is 1. The third kappa shape index (κ3) is 1.16. The predicted molar refractivity (Wildman–Crippen MR) is 52.5 cm³/mol. The van der Waals surface area contributed by atoms with Crippen LogP contribution in [0.2, 0.25) is 0 Å². The molecule has 0 amide bonds. The normalized spacial score (nSPS) is 10.4. The molecule has 0 radical (unpaired) electrons. The molecule has 14 heavy (non-hydrogen) atoms. The second-order valence-electron chi connectivity index (χ2n) is 3.04. The predicted octanol–water partition coefficient (Wildman–Crippen LogP) is 1.65. The molecule has 0 aliphatic carbocycles. The van der Waals surface area contributed by atoms with Crippen molar-refractivity contribution < 1.29 is 9.84 Å². The molecule has 1 aromatic heterocycles. The van der Waals surface area contributed by atoms with E-state index in [4.69, 9.17) is 4.74 Å². The highest BCUT2D eigenvalue weighted by atomic mass is 16.5. The first-order valence-electron chi connectivity index (χ1n) is 4.21. The maximum Gasteiger partial charge on any atom is 0.131 e. The van der Waals surface area contributed by atoms with Crippen molar-refractivity contribution in [1.29, 1.82) is 0 Å². The van der Waals surface area contributed by atoms with Crippen LogP contribution >= 0.6 is 0 Å². The van der Waals surface area contributed by atoms with Gasteiger partial charge in [-0.2, -0.15) is 10.2 Å². The highest BCUT2D eigenvalue weighted by molar-refractivity contribution is 5.89. The molecule has 0 atom stereocenters. The van der Waals surface area contributed by atoms with Crippen LogP contribution < -0.4 is 4.74 Å². The molecule has 72 valence electrons. The number of fused-ring (bicyclic) bond motifs is 1. The van der Waals surface area contributed by atoms with Crippen LogP contribution in [-0.4, -0.2) is 22.4 Å². The lowest BCUT2D eigenvalue weighted by molar-refractivity contribution is 0.404. The Bertz CT molecular complexity index is 483. The van der Waals surface area contributed by atoms with Gasteiger partial charge in [-0.25, -0.2) is 0 Å². The van der Waals surface area contributed by atoms with Gasteiger partial charge in [0.25, 0.3) is 0 Å². The van der Waals surface area contributed by atoms with Crippen LogP contribution in [0, 0.1) is 6.92 Å². The first kappa shape index (κ1) is 8.74. The van der Waals surface area contributed by atoms with E-state index in [2.05, 4.69) is 10.2 Å². The molecule has 0 aliphatic heterocycles. The molecule has 0 bridgehead atoms. The van der Waals surface area contributed by atoms with Crippen molar-refractivity contribution in [3.8, 4) is 11.5 Å². The second kappa shape index (κ2) is 3.14. The lowest BCUT2D eigenvalue weighted by atomic mass is 10.1. The zero-order chi connectivity index (χ0) is 10.1. The molecule has 1 aromatic carbocycles. The largest absolute Gasteiger partial charge is 0.507 e. The summed E-state index contributed by atoms with van der Waals surface area (Å²) < 4.78 is 5.13. The highest BCUT2D eigenvalue weighted by Gasteiger charge is 2.09. The Morgan fingerprint density at radius 2 is 2.00 bits per heavy atom. The Hall–Kier alpha value is -1.84. The summed E-state index contributed by atoms with van der Waals surface area (Å²) in [5.74, 6) is 0.859. The fraction of sp³-hybridized carbons (Fsp3) is 0.200. The summed E-state index contributed by atoms with van der Waals surface area (Å²) in [5, 5.41) is 18.8. The van der Waals surface area contributed by atoms with Gasteiger partial charge < -0.3 is 9.84 Å². The van der Waals surface area contributed by atoms with Crippen LogP contribution in [0.5, 0.6) is 11.5 Å². The van der Waals surface area contributed by atoms with Crippen LogP contribution in [0.3, 0.4) is 0 Å². The molecule has 2 rings (SSSR count). The number of hydrogen-bond donors (Lipinski definition) is 1. The van der Waals surface area contributed by atoms with Gasteiger partial charge in [0, 0.05) is 16.3 Å². The summed E-state index contributed by atoms with van der Waals surface area (Å²) in [6, 6.07) is 1.83. The molecule has 4 heteroatoms. The summed E-state index contributed by atoms with van der Waals surface area (Å²) in [4.78, 5) is 0. The van der Waals surface area contributed by atoms with Crippen molar-refractivity contribution in [3.05, 3.63) is 24.0 Å². The van der Waals surface area contributed by atoms with Crippen LogP contribution in [0.1, 0.15) is 5.56 Å². The third-order valence-electron chi connectivity index (χ3n) is 2.25. The van der Waals surface area contributed by atoms with Crippen LogP contribution in [0.25, 0.3) is 10.8 Å². The lowest BCUT2D eigenvalue weighted by Gasteiger charge is -2.08. The summed E-state index contributed by atoms with van der Waals surface area (Å²) >= 11 is 0. The zero-order valence-corrected chi connectivity index (χ0v) is 7.98. The van der Waals surface area contributed by atoms with E-state index in [-0.39, 0.29) is 5.75 Å². The third-order valence-corrected chi connectivity index (χ3v) is 2.25. The van der Waals surface area contributed by atoms with Gasteiger partial charge in [-0.05, 0) is 13.0 Å². The highest BCUT2D eigenvalue weighted by Crippen LogP contribution is 2.34. The van der Waals surface area contributed by atoms with Gasteiger partial charge in [0.05, 0.1) is 19.5 Å². The van der Waals surface area contributed by atoms with E-state index in [9.17, 15) is 5.11 Å². The molecule has 0 aliphatic rings. The van der Waals surface area contributed by atoms with E-state index in [1.807, 2.05) is 6.07 Å². The van der Waals surface area contributed by atoms with Gasteiger partial charge in [-0.3, -0.25) is 0 Å². The molecule has 0 fully saturated rings. The average Bonchev–Trinajstić information content (AvgIpc) is 2.23. The topological polar surface area (TPSA) is 55.2 Å². The van der Waals surface area contributed by atoms with Crippen molar-refractivity contribution in [1.82, 2.24) is 10.2 Å². The van der Waals surface area contributed by atoms with Crippen molar-refractivity contribution in [3.63, 3.8) is 0 Å². The minimum Gasteiger partial charge on any atom is -0.507 e. The first-order valence-corrected chi connectivity index (χ1v) is 4.21. The Morgan fingerprint density at radius 3 is 2.71 bits per heavy atom. The number of aromatic hydroxyl groups is 1. The molecule has 2 aromatic rings. The number of methoxy groups -OCH3 is 1. The number of aromatic nitrogens is 2. The fourth-order valence-corrected chi connectivity index (χ4v) is 1.42. The standard InChI is InChI=1S/C10H10N2O2/c1-6-9(14-2)3-7-4-11-12-5-8(7)10(6)13/h3-5,13H,1-2H3. The van der Waals surface area contributed by atoms with E-state index >= 15 is 0 Å². The number of hydrogen-bond acceptors (Lipinski definition) is 4. The molecular formula is C10H10N2O2. The number of phenolic OH excluding ortho intramolecular Hbond substituents is 1. The average molecular weight is 190 g/mol. The number of phenols is 1. The molecule has 0 unspecified atom stereocenters. The lowest BCUT2D eigenvalue weighted by Crippen LogP contribution is -1.90. The fourth-order valence-electron chi connectivity index (χ4n) is 1.42. The van der Waals surface area contributed by atoms with Crippen molar-refractivity contribution >= 4 is 10.8 Å². The van der Waals surface area contributed by atoms with E-state index in [0.717, 1.165) is 5.39 Å². The van der Waals surface area contributed by atoms with Crippen molar-refractivity contribution in [2.45, 2.75) is 6.92 Å². The van der Waals surface area contributed by atoms with Gasteiger partial charge >= 0.3 is 0 Å². The molecule has 0 saturated carbocycles. The Kier molecular flexibility index (Phi) is 1.96. The maximum absolute atomic E-state index is 9.82. The van der Waals surface area contributed by atoms with E-state index in [1.165, 1.54) is 6.20 Å². The number of benzene rings is 1. The monoisotopic (exact) mass is 190 g/mol. The summed E-state index contributed by atoms with van der Waals surface area (Å²) in [7, 11) is 1.57. The first-order chi connectivity index (χ1) is 6.74. The van der Waals surface area contributed by atoms with Crippen molar-refractivity contribution in [2.24, 2.45) is 0 Å². The van der Waals surface area contributed by atoms with Gasteiger partial charge in [-0.15, -0.1) is 0 Å². The molecular weight excluding hydrogens is 180 g/mol. The molecule has 4 nitrogen and oxygen atoms in total. The van der Waals surface area contributed by atoms with E-state index in [0.29, 0.717) is 16.7 Å². The number of nitrogens with zero attached hydrogens (tertiary/aromatic N) is 2. The van der Waals surface area contributed by atoms with Crippen molar-refractivity contribution in [2.75, 3.05) is 7.11 Å². The molecule has 0 saturated heterocycles. The Labute approximate surface area is 81.2 Å². The van der Waals surface area contributed by atoms with Gasteiger partial charge in [0.15, 0.2) is 0 Å².